The van der Waals surface area contributed by atoms with E-state index in [-0.39, 0.29) is 5.54 Å². The predicted molar refractivity (Wildman–Crippen MR) is 72.3 cm³/mol. The van der Waals surface area contributed by atoms with Gasteiger partial charge in [-0.25, -0.2) is 0 Å². The smallest absolute Gasteiger partial charge is 0.225 e. The first-order valence-corrected chi connectivity index (χ1v) is 7.40. The summed E-state index contributed by atoms with van der Waals surface area (Å²) in [6.45, 7) is 7.98. The van der Waals surface area contributed by atoms with Crippen molar-refractivity contribution in [2.45, 2.75) is 44.1 Å². The maximum absolute atomic E-state index is 12.3. The molecule has 2 saturated heterocycles. The Kier molecular flexibility index (Phi) is 3.18. The van der Waals surface area contributed by atoms with E-state index in [9.17, 15) is 4.79 Å². The summed E-state index contributed by atoms with van der Waals surface area (Å²) in [6, 6.07) is 0. The highest BCUT2D eigenvalue weighted by molar-refractivity contribution is 5.81. The summed E-state index contributed by atoms with van der Waals surface area (Å²) in [5.41, 5.74) is 0.275. The molecule has 1 unspecified atom stereocenters. The second-order valence-electron chi connectivity index (χ2n) is 6.20. The fourth-order valence-electron chi connectivity index (χ4n) is 3.79. The highest BCUT2D eigenvalue weighted by atomic mass is 16.2. The first kappa shape index (κ1) is 12.2. The lowest BCUT2D eigenvalue weighted by atomic mass is 9.86. The highest BCUT2D eigenvalue weighted by Gasteiger charge is 2.45. The molecule has 1 atom stereocenters. The quantitative estimate of drug-likeness (QED) is 0.714. The molecule has 3 nitrogen and oxygen atoms in total. The molecular weight excluding hydrogens is 224 g/mol. The van der Waals surface area contributed by atoms with Gasteiger partial charge in [0, 0.05) is 31.1 Å². The van der Waals surface area contributed by atoms with E-state index < -0.39 is 0 Å². The molecule has 1 amide bonds. The average molecular weight is 248 g/mol. The summed E-state index contributed by atoms with van der Waals surface area (Å²) >= 11 is 0. The SMILES string of the molecule is C=CCN1CCCC12CCCN(C(=O)C1CC1)C2. The van der Waals surface area contributed by atoms with Gasteiger partial charge in [-0.15, -0.1) is 6.58 Å². The number of hydrogen-bond donors (Lipinski definition) is 0. The molecule has 2 heterocycles. The summed E-state index contributed by atoms with van der Waals surface area (Å²) in [7, 11) is 0. The third-order valence-corrected chi connectivity index (χ3v) is 4.88. The topological polar surface area (TPSA) is 23.6 Å². The molecule has 100 valence electrons. The van der Waals surface area contributed by atoms with Gasteiger partial charge in [-0.2, -0.15) is 0 Å². The molecule has 3 rings (SSSR count). The van der Waals surface area contributed by atoms with Crippen molar-refractivity contribution in [3.05, 3.63) is 12.7 Å². The van der Waals surface area contributed by atoms with Gasteiger partial charge in [0.25, 0.3) is 0 Å². The van der Waals surface area contributed by atoms with E-state index in [1.807, 2.05) is 6.08 Å². The Morgan fingerprint density at radius 3 is 2.67 bits per heavy atom. The van der Waals surface area contributed by atoms with Crippen molar-refractivity contribution in [2.75, 3.05) is 26.2 Å². The van der Waals surface area contributed by atoms with Crippen LogP contribution in [0.1, 0.15) is 38.5 Å². The van der Waals surface area contributed by atoms with Crippen LogP contribution >= 0.6 is 0 Å². The second kappa shape index (κ2) is 4.69. The molecule has 18 heavy (non-hydrogen) atoms. The lowest BCUT2D eigenvalue weighted by molar-refractivity contribution is -0.136. The molecule has 3 heteroatoms. The molecule has 1 aliphatic carbocycles. The fourth-order valence-corrected chi connectivity index (χ4v) is 3.79. The maximum Gasteiger partial charge on any atom is 0.225 e. The summed E-state index contributed by atoms with van der Waals surface area (Å²) in [6.07, 6.45) is 9.22. The van der Waals surface area contributed by atoms with Crippen molar-refractivity contribution in [1.82, 2.24) is 9.80 Å². The zero-order valence-electron chi connectivity index (χ0n) is 11.2. The number of piperidine rings is 1. The third-order valence-electron chi connectivity index (χ3n) is 4.88. The van der Waals surface area contributed by atoms with Gasteiger partial charge in [-0.05, 0) is 45.1 Å². The van der Waals surface area contributed by atoms with E-state index in [0.717, 1.165) is 32.5 Å². The molecule has 0 radical (unpaired) electrons. The molecule has 1 spiro atoms. The normalized spacial score (nSPS) is 33.0. The highest BCUT2D eigenvalue weighted by Crippen LogP contribution is 2.39. The van der Waals surface area contributed by atoms with Gasteiger partial charge >= 0.3 is 0 Å². The van der Waals surface area contributed by atoms with Gasteiger partial charge in [-0.1, -0.05) is 6.08 Å². The van der Waals surface area contributed by atoms with E-state index in [0.29, 0.717) is 11.8 Å². The first-order valence-electron chi connectivity index (χ1n) is 7.40. The van der Waals surface area contributed by atoms with E-state index >= 15 is 0 Å². The monoisotopic (exact) mass is 248 g/mol. The van der Waals surface area contributed by atoms with E-state index in [1.165, 1.54) is 32.2 Å². The second-order valence-corrected chi connectivity index (χ2v) is 6.20. The Bertz CT molecular complexity index is 350. The molecule has 0 aromatic heterocycles. The zero-order chi connectivity index (χ0) is 12.6. The Morgan fingerprint density at radius 1 is 1.28 bits per heavy atom. The van der Waals surface area contributed by atoms with Crippen LogP contribution in [-0.2, 0) is 4.79 Å². The molecule has 1 saturated carbocycles. The predicted octanol–water partition coefficient (Wildman–Crippen LogP) is 2.04. The van der Waals surface area contributed by atoms with E-state index in [2.05, 4.69) is 16.4 Å². The Labute approximate surface area is 110 Å². The van der Waals surface area contributed by atoms with Crippen LogP contribution in [0.25, 0.3) is 0 Å². The third kappa shape index (κ3) is 2.09. The van der Waals surface area contributed by atoms with E-state index in [1.54, 1.807) is 0 Å². The van der Waals surface area contributed by atoms with Gasteiger partial charge in [-0.3, -0.25) is 9.69 Å². The van der Waals surface area contributed by atoms with Crippen molar-refractivity contribution in [2.24, 2.45) is 5.92 Å². The standard InChI is InChI=1S/C15H24N2O/c1-2-9-17-11-4-8-15(17)7-3-10-16(12-15)14(18)13-5-6-13/h2,13H,1,3-12H2. The first-order chi connectivity index (χ1) is 8.75. The zero-order valence-corrected chi connectivity index (χ0v) is 11.2. The van der Waals surface area contributed by atoms with E-state index in [4.69, 9.17) is 0 Å². The lowest BCUT2D eigenvalue weighted by Gasteiger charge is -2.46. The summed E-state index contributed by atoms with van der Waals surface area (Å²) in [4.78, 5) is 17.0. The van der Waals surface area contributed by atoms with Crippen LogP contribution < -0.4 is 0 Å². The number of amides is 1. The van der Waals surface area contributed by atoms with Crippen LogP contribution in [0.5, 0.6) is 0 Å². The molecule has 0 aromatic carbocycles. The number of carbonyl (C=O) groups is 1. The summed E-state index contributed by atoms with van der Waals surface area (Å²) in [5, 5.41) is 0. The van der Waals surface area contributed by atoms with Crippen molar-refractivity contribution in [1.29, 1.82) is 0 Å². The molecule has 0 N–H and O–H groups in total. The lowest BCUT2D eigenvalue weighted by Crippen LogP contribution is -2.57. The largest absolute Gasteiger partial charge is 0.341 e. The van der Waals surface area contributed by atoms with Crippen molar-refractivity contribution < 1.29 is 4.79 Å². The van der Waals surface area contributed by atoms with Crippen molar-refractivity contribution in [3.8, 4) is 0 Å². The Morgan fingerprint density at radius 2 is 2.00 bits per heavy atom. The summed E-state index contributed by atoms with van der Waals surface area (Å²) < 4.78 is 0. The Balaban J connectivity index is 1.71. The van der Waals surface area contributed by atoms with Crippen LogP contribution in [0.15, 0.2) is 12.7 Å². The van der Waals surface area contributed by atoms with Crippen LogP contribution in [0.4, 0.5) is 0 Å². The molecule has 0 bridgehead atoms. The summed E-state index contributed by atoms with van der Waals surface area (Å²) in [5.74, 6) is 0.800. The minimum Gasteiger partial charge on any atom is -0.341 e. The number of rotatable bonds is 3. The van der Waals surface area contributed by atoms with Crippen LogP contribution in [0.3, 0.4) is 0 Å². The number of nitrogens with zero attached hydrogens (tertiary/aromatic N) is 2. The van der Waals surface area contributed by atoms with Crippen LogP contribution in [0, 0.1) is 5.92 Å². The van der Waals surface area contributed by atoms with Gasteiger partial charge in [0.05, 0.1) is 0 Å². The van der Waals surface area contributed by atoms with Crippen LogP contribution in [0.2, 0.25) is 0 Å². The van der Waals surface area contributed by atoms with Crippen LogP contribution in [-0.4, -0.2) is 47.4 Å². The number of hydrogen-bond acceptors (Lipinski definition) is 2. The van der Waals surface area contributed by atoms with Crippen molar-refractivity contribution >= 4 is 5.91 Å². The van der Waals surface area contributed by atoms with Crippen molar-refractivity contribution in [3.63, 3.8) is 0 Å². The Hall–Kier alpha value is -0.830. The minimum atomic E-state index is 0.275. The molecule has 2 aliphatic heterocycles. The van der Waals surface area contributed by atoms with Gasteiger partial charge in [0.2, 0.25) is 5.91 Å². The fraction of sp³-hybridized carbons (Fsp3) is 0.800. The minimum absolute atomic E-state index is 0.275. The average Bonchev–Trinajstić information content (AvgIpc) is 3.16. The van der Waals surface area contributed by atoms with Gasteiger partial charge in [0.1, 0.15) is 0 Å². The number of carbonyl (C=O) groups excluding carboxylic acids is 1. The molecule has 3 fully saturated rings. The maximum atomic E-state index is 12.3. The van der Waals surface area contributed by atoms with Gasteiger partial charge < -0.3 is 4.90 Å². The molecule has 3 aliphatic rings. The molecular formula is C15H24N2O. The number of likely N-dealkylation sites (tertiary alicyclic amines) is 2. The molecule has 0 aromatic rings. The van der Waals surface area contributed by atoms with Gasteiger partial charge in [0.15, 0.2) is 0 Å².